The summed E-state index contributed by atoms with van der Waals surface area (Å²) in [7, 11) is 1.90. The molecule has 120 valence electrons. The molecule has 1 rings (SSSR count). The lowest BCUT2D eigenvalue weighted by Gasteiger charge is -2.17. The van der Waals surface area contributed by atoms with Crippen LogP contribution in [0.25, 0.3) is 0 Å². The first-order valence-corrected chi connectivity index (χ1v) is 8.20. The average Bonchev–Trinajstić information content (AvgIpc) is 2.43. The van der Waals surface area contributed by atoms with Gasteiger partial charge in [-0.15, -0.1) is 0 Å². The third-order valence-corrected chi connectivity index (χ3v) is 3.51. The van der Waals surface area contributed by atoms with E-state index in [1.165, 1.54) is 0 Å². The summed E-state index contributed by atoms with van der Waals surface area (Å²) < 4.78 is 12.2. The van der Waals surface area contributed by atoms with Gasteiger partial charge in [0, 0.05) is 23.2 Å². The zero-order valence-electron chi connectivity index (χ0n) is 13.1. The van der Waals surface area contributed by atoms with Gasteiger partial charge in [-0.3, -0.25) is 0 Å². The Morgan fingerprint density at radius 2 is 2.10 bits per heavy atom. The van der Waals surface area contributed by atoms with Crippen LogP contribution in [0, 0.1) is 6.92 Å². The summed E-state index contributed by atoms with van der Waals surface area (Å²) in [5.74, 6) is 0.833. The molecule has 1 atom stereocenters. The first-order valence-electron chi connectivity index (χ1n) is 7.40. The fraction of sp³-hybridized carbons (Fsp3) is 0.625. The number of nitrogens with one attached hydrogen (secondary N) is 1. The number of ether oxygens (including phenoxy) is 2. The summed E-state index contributed by atoms with van der Waals surface area (Å²) in [5, 5.41) is 13.0. The molecule has 0 aliphatic carbocycles. The second-order valence-corrected chi connectivity index (χ2v) is 6.05. The molecule has 0 aliphatic heterocycles. The van der Waals surface area contributed by atoms with Crippen molar-refractivity contribution in [2.45, 2.75) is 39.3 Å². The summed E-state index contributed by atoms with van der Waals surface area (Å²) in [5.41, 5.74) is 2.12. The topological polar surface area (TPSA) is 50.7 Å². The van der Waals surface area contributed by atoms with Crippen LogP contribution in [-0.4, -0.2) is 38.1 Å². The lowest BCUT2D eigenvalue weighted by Crippen LogP contribution is -2.24. The van der Waals surface area contributed by atoms with E-state index in [-0.39, 0.29) is 6.61 Å². The van der Waals surface area contributed by atoms with E-state index in [0.717, 1.165) is 40.7 Å². The van der Waals surface area contributed by atoms with Crippen molar-refractivity contribution in [2.75, 3.05) is 26.9 Å². The number of aliphatic hydroxyl groups excluding tert-OH is 1. The van der Waals surface area contributed by atoms with Gasteiger partial charge in [-0.2, -0.15) is 0 Å². The van der Waals surface area contributed by atoms with Crippen molar-refractivity contribution in [3.05, 3.63) is 27.7 Å². The first-order chi connectivity index (χ1) is 10.1. The van der Waals surface area contributed by atoms with Crippen LogP contribution >= 0.6 is 15.9 Å². The van der Waals surface area contributed by atoms with E-state index in [0.29, 0.717) is 13.2 Å². The van der Waals surface area contributed by atoms with Gasteiger partial charge in [0.2, 0.25) is 0 Å². The fourth-order valence-electron chi connectivity index (χ4n) is 2.02. The van der Waals surface area contributed by atoms with Gasteiger partial charge in [-0.1, -0.05) is 29.3 Å². The van der Waals surface area contributed by atoms with Crippen LogP contribution in [-0.2, 0) is 11.3 Å². The van der Waals surface area contributed by atoms with Crippen LogP contribution in [0.1, 0.15) is 30.9 Å². The van der Waals surface area contributed by atoms with Crippen LogP contribution in [0.3, 0.4) is 0 Å². The van der Waals surface area contributed by atoms with Crippen molar-refractivity contribution in [2.24, 2.45) is 0 Å². The van der Waals surface area contributed by atoms with Gasteiger partial charge >= 0.3 is 0 Å². The third kappa shape index (κ3) is 6.78. The molecule has 0 saturated carbocycles. The van der Waals surface area contributed by atoms with Crippen molar-refractivity contribution < 1.29 is 14.6 Å². The monoisotopic (exact) mass is 359 g/mol. The molecule has 4 nitrogen and oxygen atoms in total. The number of aryl methyl sites for hydroxylation is 1. The molecule has 0 radical (unpaired) electrons. The summed E-state index contributed by atoms with van der Waals surface area (Å²) in [4.78, 5) is 0. The largest absolute Gasteiger partial charge is 0.490 e. The molecule has 2 N–H and O–H groups in total. The molecule has 1 aromatic carbocycles. The predicted molar refractivity (Wildman–Crippen MR) is 88.9 cm³/mol. The molecule has 1 aromatic rings. The predicted octanol–water partition coefficient (Wildman–Crippen LogP) is 3.03. The van der Waals surface area contributed by atoms with Crippen molar-refractivity contribution in [1.29, 1.82) is 0 Å². The van der Waals surface area contributed by atoms with E-state index < -0.39 is 6.10 Å². The fourth-order valence-corrected chi connectivity index (χ4v) is 2.64. The maximum atomic E-state index is 9.90. The zero-order valence-corrected chi connectivity index (χ0v) is 14.7. The molecule has 0 saturated heterocycles. The molecule has 1 unspecified atom stereocenters. The molecule has 0 aromatic heterocycles. The Labute approximate surface area is 136 Å². The normalized spacial score (nSPS) is 12.4. The average molecular weight is 360 g/mol. The Kier molecular flexibility index (Phi) is 8.92. The Morgan fingerprint density at radius 1 is 1.33 bits per heavy atom. The van der Waals surface area contributed by atoms with Gasteiger partial charge in [0.1, 0.15) is 18.5 Å². The third-order valence-electron chi connectivity index (χ3n) is 3.06. The summed E-state index contributed by atoms with van der Waals surface area (Å²) in [6.45, 7) is 6.09. The highest BCUT2D eigenvalue weighted by Gasteiger charge is 2.11. The van der Waals surface area contributed by atoms with Gasteiger partial charge in [-0.05, 0) is 38.1 Å². The van der Waals surface area contributed by atoms with Crippen molar-refractivity contribution in [1.82, 2.24) is 5.32 Å². The Balaban J connectivity index is 2.53. The van der Waals surface area contributed by atoms with Crippen LogP contribution in [0.2, 0.25) is 0 Å². The van der Waals surface area contributed by atoms with Crippen molar-refractivity contribution in [3.63, 3.8) is 0 Å². The van der Waals surface area contributed by atoms with Gasteiger partial charge in [0.15, 0.2) is 0 Å². The quantitative estimate of drug-likeness (QED) is 0.630. The molecule has 0 fully saturated rings. The molecule has 0 heterocycles. The van der Waals surface area contributed by atoms with E-state index in [1.54, 1.807) is 0 Å². The maximum absolute atomic E-state index is 9.90. The molecule has 0 amide bonds. The van der Waals surface area contributed by atoms with Crippen LogP contribution < -0.4 is 10.1 Å². The van der Waals surface area contributed by atoms with Gasteiger partial charge in [0.05, 0.1) is 6.61 Å². The minimum absolute atomic E-state index is 0.241. The molecule has 0 spiro atoms. The smallest absolute Gasteiger partial charge is 0.126 e. The van der Waals surface area contributed by atoms with Crippen LogP contribution in [0.5, 0.6) is 5.75 Å². The Bertz CT molecular complexity index is 426. The van der Waals surface area contributed by atoms with Crippen LogP contribution in [0.4, 0.5) is 0 Å². The number of rotatable bonds is 10. The van der Waals surface area contributed by atoms with Gasteiger partial charge < -0.3 is 19.9 Å². The van der Waals surface area contributed by atoms with Gasteiger partial charge in [0.25, 0.3) is 0 Å². The van der Waals surface area contributed by atoms with Crippen molar-refractivity contribution >= 4 is 15.9 Å². The highest BCUT2D eigenvalue weighted by atomic mass is 79.9. The number of hydrogen-bond donors (Lipinski definition) is 2. The van der Waals surface area contributed by atoms with Crippen LogP contribution in [0.15, 0.2) is 16.6 Å². The molecular formula is C16H26BrNO3. The first kappa shape index (κ1) is 18.4. The van der Waals surface area contributed by atoms with E-state index in [9.17, 15) is 5.11 Å². The second kappa shape index (κ2) is 10.2. The summed E-state index contributed by atoms with van der Waals surface area (Å²) >= 11 is 3.49. The molecule has 21 heavy (non-hydrogen) atoms. The van der Waals surface area contributed by atoms with E-state index in [1.807, 2.05) is 26.1 Å². The maximum Gasteiger partial charge on any atom is 0.126 e. The zero-order chi connectivity index (χ0) is 15.7. The molecule has 5 heteroatoms. The minimum atomic E-state index is -0.604. The lowest BCUT2D eigenvalue weighted by atomic mass is 10.1. The number of halogens is 1. The van der Waals surface area contributed by atoms with E-state index in [2.05, 4.69) is 28.2 Å². The highest BCUT2D eigenvalue weighted by molar-refractivity contribution is 9.10. The lowest BCUT2D eigenvalue weighted by molar-refractivity contribution is 0.0110. The Hall–Kier alpha value is -0.620. The van der Waals surface area contributed by atoms with E-state index >= 15 is 0 Å². The molecule has 0 aliphatic rings. The number of aliphatic hydroxyl groups is 1. The highest BCUT2D eigenvalue weighted by Crippen LogP contribution is 2.28. The number of benzene rings is 1. The molecule has 0 bridgehead atoms. The number of unbranched alkanes of at least 4 members (excludes halogenated alkanes) is 1. The summed E-state index contributed by atoms with van der Waals surface area (Å²) in [6.07, 6.45) is 1.51. The Morgan fingerprint density at radius 3 is 2.76 bits per heavy atom. The SMILES string of the molecule is CCCCOCC(O)COc1c(C)cc(Br)cc1CNC. The molecular weight excluding hydrogens is 334 g/mol. The number of hydrogen-bond acceptors (Lipinski definition) is 4. The summed E-state index contributed by atoms with van der Waals surface area (Å²) in [6, 6.07) is 4.04. The minimum Gasteiger partial charge on any atom is -0.490 e. The van der Waals surface area contributed by atoms with Gasteiger partial charge in [-0.25, -0.2) is 0 Å². The second-order valence-electron chi connectivity index (χ2n) is 5.13. The standard InChI is InChI=1S/C16H26BrNO3/c1-4-5-6-20-10-15(19)11-21-16-12(2)7-14(17)8-13(16)9-18-3/h7-8,15,18-19H,4-6,9-11H2,1-3H3. The van der Waals surface area contributed by atoms with E-state index in [4.69, 9.17) is 9.47 Å². The van der Waals surface area contributed by atoms with Crippen molar-refractivity contribution in [3.8, 4) is 5.75 Å².